The maximum absolute atomic E-state index is 13.5. The zero-order valence-electron chi connectivity index (χ0n) is 16.6. The highest BCUT2D eigenvalue weighted by Crippen LogP contribution is 2.41. The van der Waals surface area contributed by atoms with Gasteiger partial charge in [0, 0.05) is 30.7 Å². The van der Waals surface area contributed by atoms with Gasteiger partial charge in [0.1, 0.15) is 0 Å². The summed E-state index contributed by atoms with van der Waals surface area (Å²) in [6.07, 6.45) is -1.54. The van der Waals surface area contributed by atoms with Gasteiger partial charge in [-0.05, 0) is 34.5 Å². The van der Waals surface area contributed by atoms with Crippen molar-refractivity contribution in [1.29, 1.82) is 0 Å². The molecule has 0 fully saturated rings. The first-order valence-corrected chi connectivity index (χ1v) is 9.63. The third-order valence-corrected chi connectivity index (χ3v) is 5.17. The summed E-state index contributed by atoms with van der Waals surface area (Å²) in [6.45, 7) is 1.70. The summed E-state index contributed by atoms with van der Waals surface area (Å²) < 4.78 is 39.6. The van der Waals surface area contributed by atoms with E-state index >= 15 is 0 Å². The number of amides is 1. The number of alkyl halides is 3. The van der Waals surface area contributed by atoms with E-state index in [-0.39, 0.29) is 5.69 Å². The van der Waals surface area contributed by atoms with Gasteiger partial charge < -0.3 is 0 Å². The molecular weight excluding hydrogens is 403 g/mol. The van der Waals surface area contributed by atoms with Gasteiger partial charge in [-0.3, -0.25) is 4.84 Å². The molecule has 0 saturated carbocycles. The Morgan fingerprint density at radius 2 is 1.45 bits per heavy atom. The van der Waals surface area contributed by atoms with Crippen LogP contribution in [0.4, 0.5) is 18.9 Å². The minimum absolute atomic E-state index is 0.0685. The number of carbonyl (C=O) groups excluding carboxylic acids is 1. The summed E-state index contributed by atoms with van der Waals surface area (Å²) in [6, 6.07) is 22.6. The monoisotopic (exact) mass is 422 g/mol. The maximum atomic E-state index is 13.5. The van der Waals surface area contributed by atoms with E-state index in [1.807, 2.05) is 30.3 Å². The number of hydrogen-bond donors (Lipinski definition) is 0. The Balaban J connectivity index is 1.98. The zero-order valence-corrected chi connectivity index (χ0v) is 16.6. The van der Waals surface area contributed by atoms with Crippen molar-refractivity contribution in [2.45, 2.75) is 13.1 Å². The van der Waals surface area contributed by atoms with Crippen LogP contribution in [0.5, 0.6) is 5.75 Å². The molecule has 0 aliphatic carbocycles. The molecule has 0 aromatic heterocycles. The standard InChI is InChI=1S/C25H19F3NO2/c1-18-23(19-9-4-2-5-10-19)15-16-24(30)29(18,31-22-13-6-3-7-14-22)21-12-8-11-20(17-21)25(26,27)28/h2-17H,1H3/q+1. The van der Waals surface area contributed by atoms with Gasteiger partial charge in [-0.25, -0.2) is 4.79 Å². The van der Waals surface area contributed by atoms with E-state index in [2.05, 4.69) is 0 Å². The molecule has 0 radical (unpaired) electrons. The summed E-state index contributed by atoms with van der Waals surface area (Å²) in [5, 5.41) is 0. The number of para-hydroxylation sites is 1. The number of nitrogens with zero attached hydrogens (tertiary/aromatic N) is 1. The van der Waals surface area contributed by atoms with Crippen molar-refractivity contribution in [1.82, 2.24) is 4.65 Å². The number of rotatable bonds is 4. The summed E-state index contributed by atoms with van der Waals surface area (Å²) in [5.74, 6) is -0.143. The minimum atomic E-state index is -4.55. The van der Waals surface area contributed by atoms with Gasteiger partial charge in [0.15, 0.2) is 17.1 Å². The Labute approximate surface area is 177 Å². The lowest BCUT2D eigenvalue weighted by molar-refractivity contribution is -0.144. The average Bonchev–Trinajstić information content (AvgIpc) is 2.77. The van der Waals surface area contributed by atoms with Crippen molar-refractivity contribution in [2.75, 3.05) is 0 Å². The number of halogens is 3. The molecule has 0 saturated heterocycles. The molecule has 6 heteroatoms. The molecule has 1 amide bonds. The van der Waals surface area contributed by atoms with Crippen LogP contribution in [0.3, 0.4) is 0 Å². The third-order valence-electron chi connectivity index (χ3n) is 5.17. The number of quaternary nitrogens is 1. The van der Waals surface area contributed by atoms with Gasteiger partial charge in [-0.1, -0.05) is 54.6 Å². The van der Waals surface area contributed by atoms with E-state index in [1.54, 1.807) is 43.3 Å². The summed E-state index contributed by atoms with van der Waals surface area (Å²) in [7, 11) is 0. The van der Waals surface area contributed by atoms with Crippen LogP contribution in [0.2, 0.25) is 0 Å². The molecule has 1 aliphatic heterocycles. The molecule has 31 heavy (non-hydrogen) atoms. The number of hydroxylamine groups is 2. The number of carbonyl (C=O) groups is 1. The predicted molar refractivity (Wildman–Crippen MR) is 113 cm³/mol. The molecular formula is C25H19F3NO2+. The molecule has 156 valence electrons. The number of allylic oxidation sites excluding steroid dienone is 3. The van der Waals surface area contributed by atoms with Gasteiger partial charge in [0.2, 0.25) is 0 Å². The first-order chi connectivity index (χ1) is 14.8. The highest BCUT2D eigenvalue weighted by Gasteiger charge is 2.49. The SMILES string of the molecule is CC1=C(c2ccccc2)C=CC(=O)[N+]1(Oc1ccccc1)c1cccc(C(F)(F)F)c1. The second kappa shape index (κ2) is 7.89. The first-order valence-electron chi connectivity index (χ1n) is 9.63. The van der Waals surface area contributed by atoms with Crippen molar-refractivity contribution >= 4 is 17.2 Å². The van der Waals surface area contributed by atoms with Crippen LogP contribution in [0.15, 0.2) is 103 Å². The van der Waals surface area contributed by atoms with Crippen LogP contribution < -0.4 is 9.48 Å². The molecule has 1 atom stereocenters. The topological polar surface area (TPSA) is 26.3 Å². The number of hydrogen-bond acceptors (Lipinski definition) is 2. The lowest BCUT2D eigenvalue weighted by Crippen LogP contribution is -2.56. The summed E-state index contributed by atoms with van der Waals surface area (Å²) in [5.41, 5.74) is 1.21. The Bertz CT molecular complexity index is 1170. The van der Waals surface area contributed by atoms with Crippen LogP contribution >= 0.6 is 0 Å². The fraction of sp³-hybridized carbons (Fsp3) is 0.0800. The second-order valence-corrected chi connectivity index (χ2v) is 7.10. The van der Waals surface area contributed by atoms with Crippen molar-refractivity contribution in [3.63, 3.8) is 0 Å². The maximum Gasteiger partial charge on any atom is 0.416 e. The van der Waals surface area contributed by atoms with E-state index in [0.29, 0.717) is 17.0 Å². The lowest BCUT2D eigenvalue weighted by Gasteiger charge is -2.34. The highest BCUT2D eigenvalue weighted by atomic mass is 19.4. The van der Waals surface area contributed by atoms with Gasteiger partial charge in [0.05, 0.1) is 5.56 Å². The van der Waals surface area contributed by atoms with Crippen LogP contribution in [-0.2, 0) is 11.0 Å². The van der Waals surface area contributed by atoms with Crippen molar-refractivity contribution in [2.24, 2.45) is 0 Å². The fourth-order valence-corrected chi connectivity index (χ4v) is 3.64. The largest absolute Gasteiger partial charge is 0.416 e. The van der Waals surface area contributed by atoms with E-state index in [0.717, 1.165) is 17.7 Å². The molecule has 1 aliphatic rings. The normalized spacial score (nSPS) is 18.9. The Morgan fingerprint density at radius 1 is 0.806 bits per heavy atom. The molecule has 1 heterocycles. The lowest BCUT2D eigenvalue weighted by atomic mass is 9.99. The average molecular weight is 422 g/mol. The van der Waals surface area contributed by atoms with E-state index in [1.165, 1.54) is 18.2 Å². The molecule has 3 nitrogen and oxygen atoms in total. The molecule has 3 aromatic rings. The van der Waals surface area contributed by atoms with Crippen LogP contribution in [0.1, 0.15) is 18.1 Å². The predicted octanol–water partition coefficient (Wildman–Crippen LogP) is 6.53. The zero-order chi connectivity index (χ0) is 22.1. The summed E-state index contributed by atoms with van der Waals surface area (Å²) >= 11 is 0. The Hall–Kier alpha value is -3.64. The van der Waals surface area contributed by atoms with Crippen LogP contribution in [0.25, 0.3) is 5.57 Å². The Morgan fingerprint density at radius 3 is 2.10 bits per heavy atom. The first kappa shape index (κ1) is 20.6. The van der Waals surface area contributed by atoms with Gasteiger partial charge >= 0.3 is 12.1 Å². The fourth-order valence-electron chi connectivity index (χ4n) is 3.64. The van der Waals surface area contributed by atoms with Crippen molar-refractivity contribution in [3.05, 3.63) is 114 Å². The molecule has 1 unspecified atom stereocenters. The Kier molecular flexibility index (Phi) is 5.25. The van der Waals surface area contributed by atoms with Crippen LogP contribution in [0, 0.1) is 0 Å². The molecule has 0 spiro atoms. The molecule has 4 rings (SSSR count). The quantitative estimate of drug-likeness (QED) is 0.447. The van der Waals surface area contributed by atoms with Gasteiger partial charge in [0.25, 0.3) is 0 Å². The summed E-state index contributed by atoms with van der Waals surface area (Å²) in [4.78, 5) is 19.5. The van der Waals surface area contributed by atoms with E-state index in [9.17, 15) is 18.0 Å². The molecule has 0 N–H and O–H groups in total. The van der Waals surface area contributed by atoms with E-state index in [4.69, 9.17) is 4.84 Å². The van der Waals surface area contributed by atoms with E-state index < -0.39 is 22.3 Å². The smallest absolute Gasteiger partial charge is 0.296 e. The van der Waals surface area contributed by atoms with Crippen molar-refractivity contribution < 1.29 is 22.8 Å². The van der Waals surface area contributed by atoms with Gasteiger partial charge in [-0.15, -0.1) is 0 Å². The molecule has 3 aromatic carbocycles. The highest BCUT2D eigenvalue weighted by molar-refractivity contribution is 6.04. The van der Waals surface area contributed by atoms with Crippen molar-refractivity contribution in [3.8, 4) is 5.75 Å². The third kappa shape index (κ3) is 3.78. The molecule has 0 bridgehead atoms. The number of benzene rings is 3. The van der Waals surface area contributed by atoms with Crippen LogP contribution in [-0.4, -0.2) is 5.91 Å². The minimum Gasteiger partial charge on any atom is -0.296 e. The van der Waals surface area contributed by atoms with Gasteiger partial charge in [-0.2, -0.15) is 13.2 Å². The second-order valence-electron chi connectivity index (χ2n) is 7.10.